The summed E-state index contributed by atoms with van der Waals surface area (Å²) in [5.41, 5.74) is 2.62. The third kappa shape index (κ3) is 5.57. The monoisotopic (exact) mass is 309 g/mol. The van der Waals surface area contributed by atoms with Gasteiger partial charge in [-0.1, -0.05) is 13.8 Å². The lowest BCUT2D eigenvalue weighted by Crippen LogP contribution is -2.30. The summed E-state index contributed by atoms with van der Waals surface area (Å²) in [5, 5.41) is 4.09. The molecule has 21 heavy (non-hydrogen) atoms. The van der Waals surface area contributed by atoms with Gasteiger partial charge in [-0.3, -0.25) is 0 Å². The van der Waals surface area contributed by atoms with Crippen molar-refractivity contribution in [3.8, 4) is 0 Å². The van der Waals surface area contributed by atoms with E-state index in [9.17, 15) is 0 Å². The number of hydrogen-bond donors (Lipinski definition) is 1. The molecular formula is C16H27N3OS. The summed E-state index contributed by atoms with van der Waals surface area (Å²) in [4.78, 5) is 9.29. The van der Waals surface area contributed by atoms with Crippen LogP contribution in [0.3, 0.4) is 0 Å². The van der Waals surface area contributed by atoms with E-state index in [0.29, 0.717) is 11.2 Å². The zero-order valence-electron chi connectivity index (χ0n) is 13.4. The number of methoxy groups -OCH3 is 1. The summed E-state index contributed by atoms with van der Waals surface area (Å²) in [6.45, 7) is 7.20. The molecular weight excluding hydrogens is 282 g/mol. The summed E-state index contributed by atoms with van der Waals surface area (Å²) in [5.74, 6) is 2.62. The van der Waals surface area contributed by atoms with E-state index in [0.717, 1.165) is 44.1 Å². The Labute approximate surface area is 132 Å². The fraction of sp³-hybridized carbons (Fsp3) is 0.750. The first kappa shape index (κ1) is 16.7. The van der Waals surface area contributed by atoms with E-state index in [1.165, 1.54) is 17.7 Å². The third-order valence-electron chi connectivity index (χ3n) is 3.76. The maximum Gasteiger partial charge on any atom is 0.138 e. The highest BCUT2D eigenvalue weighted by Crippen LogP contribution is 2.24. The summed E-state index contributed by atoms with van der Waals surface area (Å²) < 4.78 is 5.06. The molecule has 118 valence electrons. The predicted molar refractivity (Wildman–Crippen MR) is 88.7 cm³/mol. The molecule has 0 fully saturated rings. The van der Waals surface area contributed by atoms with Crippen molar-refractivity contribution in [2.24, 2.45) is 5.92 Å². The van der Waals surface area contributed by atoms with Gasteiger partial charge in [0.25, 0.3) is 0 Å². The number of rotatable bonds is 8. The van der Waals surface area contributed by atoms with E-state index >= 15 is 0 Å². The van der Waals surface area contributed by atoms with E-state index in [1.807, 2.05) is 11.8 Å². The van der Waals surface area contributed by atoms with Crippen molar-refractivity contribution in [1.82, 2.24) is 15.3 Å². The van der Waals surface area contributed by atoms with Crippen LogP contribution in [0.2, 0.25) is 0 Å². The van der Waals surface area contributed by atoms with Gasteiger partial charge in [0.15, 0.2) is 0 Å². The van der Waals surface area contributed by atoms with E-state index in [-0.39, 0.29) is 0 Å². The van der Waals surface area contributed by atoms with Gasteiger partial charge in [-0.15, -0.1) is 0 Å². The Balaban J connectivity index is 1.84. The molecule has 1 atom stereocenters. The normalized spacial score (nSPS) is 18.0. The van der Waals surface area contributed by atoms with Crippen LogP contribution >= 0.6 is 11.8 Å². The van der Waals surface area contributed by atoms with Crippen molar-refractivity contribution in [2.75, 3.05) is 26.8 Å². The maximum atomic E-state index is 5.06. The van der Waals surface area contributed by atoms with Gasteiger partial charge in [-0.05, 0) is 42.5 Å². The van der Waals surface area contributed by atoms with Gasteiger partial charge in [-0.2, -0.15) is 11.8 Å². The molecule has 1 aliphatic rings. The fourth-order valence-electron chi connectivity index (χ4n) is 2.59. The second kappa shape index (κ2) is 8.71. The minimum Gasteiger partial charge on any atom is -0.383 e. The molecule has 1 aromatic rings. The van der Waals surface area contributed by atoms with Crippen molar-refractivity contribution in [3.63, 3.8) is 0 Å². The lowest BCUT2D eigenvalue weighted by Gasteiger charge is -2.24. The molecule has 4 nitrogen and oxygen atoms in total. The summed E-state index contributed by atoms with van der Waals surface area (Å²) in [6.07, 6.45) is 5.47. The van der Waals surface area contributed by atoms with Gasteiger partial charge < -0.3 is 10.1 Å². The number of fused-ring (bicyclic) bond motifs is 1. The average Bonchev–Trinajstić information content (AvgIpc) is 2.49. The number of nitrogens with zero attached hydrogens (tertiary/aromatic N) is 2. The molecule has 0 amide bonds. The summed E-state index contributed by atoms with van der Waals surface area (Å²) in [7, 11) is 1.74. The molecule has 1 unspecified atom stereocenters. The second-order valence-corrected chi connectivity index (χ2v) is 7.49. The van der Waals surface area contributed by atoms with Crippen molar-refractivity contribution in [1.29, 1.82) is 0 Å². The molecule has 1 aliphatic carbocycles. The van der Waals surface area contributed by atoms with Gasteiger partial charge in [0.2, 0.25) is 0 Å². The van der Waals surface area contributed by atoms with Crippen molar-refractivity contribution in [3.05, 3.63) is 23.3 Å². The van der Waals surface area contributed by atoms with Crippen LogP contribution in [0.15, 0.2) is 6.20 Å². The largest absolute Gasteiger partial charge is 0.383 e. The molecule has 1 heterocycles. The van der Waals surface area contributed by atoms with Crippen molar-refractivity contribution < 1.29 is 4.74 Å². The van der Waals surface area contributed by atoms with Crippen LogP contribution in [0.5, 0.6) is 0 Å². The van der Waals surface area contributed by atoms with E-state index < -0.39 is 0 Å². The Morgan fingerprint density at radius 2 is 2.33 bits per heavy atom. The van der Waals surface area contributed by atoms with E-state index in [4.69, 9.17) is 9.72 Å². The Hall–Kier alpha value is -0.650. The van der Waals surface area contributed by atoms with Crippen LogP contribution in [-0.4, -0.2) is 42.0 Å². The van der Waals surface area contributed by atoms with Crippen LogP contribution < -0.4 is 5.32 Å². The first-order chi connectivity index (χ1) is 10.2. The van der Waals surface area contributed by atoms with Gasteiger partial charge in [0.1, 0.15) is 5.82 Å². The Bertz CT molecular complexity index is 440. The number of nitrogens with one attached hydrogen (secondary N) is 1. The number of aryl methyl sites for hydroxylation is 1. The highest BCUT2D eigenvalue weighted by Gasteiger charge is 2.20. The minimum atomic E-state index is 0.632. The number of ether oxygens (including phenoxy) is 1. The molecule has 0 radical (unpaired) electrons. The molecule has 0 aromatic carbocycles. The molecule has 0 saturated heterocycles. The van der Waals surface area contributed by atoms with Crippen LogP contribution in [-0.2, 0) is 23.3 Å². The molecule has 0 aliphatic heterocycles. The van der Waals surface area contributed by atoms with Crippen LogP contribution in [0, 0.1) is 5.92 Å². The topological polar surface area (TPSA) is 47.0 Å². The quantitative estimate of drug-likeness (QED) is 0.748. The zero-order chi connectivity index (χ0) is 15.1. The van der Waals surface area contributed by atoms with Gasteiger partial charge in [0, 0.05) is 25.5 Å². The first-order valence-electron chi connectivity index (χ1n) is 7.84. The van der Waals surface area contributed by atoms with Gasteiger partial charge >= 0.3 is 0 Å². The predicted octanol–water partition coefficient (Wildman–Crippen LogP) is 2.46. The lowest BCUT2D eigenvalue weighted by atomic mass is 9.87. The summed E-state index contributed by atoms with van der Waals surface area (Å²) >= 11 is 1.90. The highest BCUT2D eigenvalue weighted by molar-refractivity contribution is 7.99. The van der Waals surface area contributed by atoms with Crippen LogP contribution in [0.25, 0.3) is 0 Å². The molecule has 2 rings (SSSR count). The molecule has 5 heteroatoms. The third-order valence-corrected chi connectivity index (χ3v) is 4.86. The first-order valence-corrected chi connectivity index (χ1v) is 8.88. The number of hydrogen-bond acceptors (Lipinski definition) is 5. The van der Waals surface area contributed by atoms with E-state index in [1.54, 1.807) is 7.11 Å². The number of aromatic nitrogens is 2. The lowest BCUT2D eigenvalue weighted by molar-refractivity contribution is 0.197. The molecule has 0 spiro atoms. The number of thioether (sulfide) groups is 1. The summed E-state index contributed by atoms with van der Waals surface area (Å²) in [6, 6.07) is 0. The standard InChI is InChI=1S/C16H27N3OS/c1-12(2)21-11-16-18-10-14-8-13(4-5-15(14)19-16)9-17-6-7-20-3/h10,12-13,17H,4-9,11H2,1-3H3. The average molecular weight is 309 g/mol. The van der Waals surface area contributed by atoms with Gasteiger partial charge in [0.05, 0.1) is 12.4 Å². The van der Waals surface area contributed by atoms with Crippen molar-refractivity contribution in [2.45, 2.75) is 44.1 Å². The smallest absolute Gasteiger partial charge is 0.138 e. The molecule has 0 saturated carbocycles. The van der Waals surface area contributed by atoms with Gasteiger partial charge in [-0.25, -0.2) is 9.97 Å². The molecule has 0 bridgehead atoms. The van der Waals surface area contributed by atoms with E-state index in [2.05, 4.69) is 30.3 Å². The highest BCUT2D eigenvalue weighted by atomic mass is 32.2. The Kier molecular flexibility index (Phi) is 6.93. The zero-order valence-corrected chi connectivity index (χ0v) is 14.2. The Morgan fingerprint density at radius 1 is 1.48 bits per heavy atom. The van der Waals surface area contributed by atoms with Crippen LogP contribution in [0.1, 0.15) is 37.4 Å². The molecule has 1 aromatic heterocycles. The second-order valence-electron chi connectivity index (χ2n) is 5.92. The van der Waals surface area contributed by atoms with Crippen molar-refractivity contribution >= 4 is 11.8 Å². The maximum absolute atomic E-state index is 5.06. The Morgan fingerprint density at radius 3 is 3.10 bits per heavy atom. The SMILES string of the molecule is COCCNCC1CCc2nc(CSC(C)C)ncc2C1. The fourth-order valence-corrected chi connectivity index (χ4v) is 3.21. The molecule has 1 N–H and O–H groups in total. The van der Waals surface area contributed by atoms with Crippen LogP contribution in [0.4, 0.5) is 0 Å². The minimum absolute atomic E-state index is 0.632.